The fourth-order valence-corrected chi connectivity index (χ4v) is 8.95. The molecular weight excluding hydrogens is 1210 g/mol. The van der Waals surface area contributed by atoms with Crippen molar-refractivity contribution in [2.24, 2.45) is 17.8 Å². The van der Waals surface area contributed by atoms with Crippen molar-refractivity contribution in [1.82, 2.24) is 0 Å². The molecule has 9 heteroatoms. The topological polar surface area (TPSA) is 37.3 Å². The van der Waals surface area contributed by atoms with Crippen molar-refractivity contribution in [3.8, 4) is 0 Å². The van der Waals surface area contributed by atoms with Crippen LogP contribution in [0.3, 0.4) is 0 Å². The van der Waals surface area contributed by atoms with Gasteiger partial charge in [-0.15, -0.1) is 18.2 Å². The van der Waals surface area contributed by atoms with Gasteiger partial charge >= 0.3 is 0 Å². The highest BCUT2D eigenvalue weighted by molar-refractivity contribution is 9.11. The Morgan fingerprint density at radius 3 is 0.953 bits per heavy atom. The Hall–Kier alpha value is -2.40. The summed E-state index contributed by atoms with van der Waals surface area (Å²) in [6.07, 6.45) is 9.03. The molecule has 0 aliphatic rings. The van der Waals surface area contributed by atoms with E-state index < -0.39 is 5.60 Å². The quantitative estimate of drug-likeness (QED) is 0.0730. The third-order valence-corrected chi connectivity index (χ3v) is 14.6. The van der Waals surface area contributed by atoms with Gasteiger partial charge in [0.15, 0.2) is 0 Å². The van der Waals surface area contributed by atoms with E-state index in [1.165, 1.54) is 39.0 Å². The second-order valence-electron chi connectivity index (χ2n) is 16.2. The molecule has 0 amide bonds. The third-order valence-electron chi connectivity index (χ3n) is 11.2. The molecule has 2 nitrogen and oxygen atoms in total. The van der Waals surface area contributed by atoms with Crippen LogP contribution in [0.2, 0.25) is 0 Å². The normalized spacial score (nSPS) is 12.2. The SMILES string of the molecule is C=CC(C)(O)C(Cc1ccc(Br)cc1)Cc1ccc(Br)cc1.CC(=CCCl)C(Cc1ccc(Br)cc1)Cc1ccc(Br)cc1.CC(=O)C(Cc1ccc(Br)cc1)Cc1ccc(Br)cc1. The Balaban J connectivity index is 0.000000211. The van der Waals surface area contributed by atoms with Crippen LogP contribution >= 0.6 is 107 Å². The zero-order valence-corrected chi connectivity index (χ0v) is 46.7. The highest BCUT2D eigenvalue weighted by atomic mass is 79.9. The Labute approximate surface area is 437 Å². The van der Waals surface area contributed by atoms with Crippen molar-refractivity contribution in [3.05, 3.63) is 230 Å². The lowest BCUT2D eigenvalue weighted by Gasteiger charge is -2.30. The molecule has 0 aliphatic heterocycles. The Bertz CT molecular complexity index is 2200. The summed E-state index contributed by atoms with van der Waals surface area (Å²) in [7, 11) is 0. The molecule has 6 aromatic carbocycles. The summed E-state index contributed by atoms with van der Waals surface area (Å²) in [6, 6.07) is 50.1. The number of carbonyl (C=O) groups is 1. The molecule has 0 heterocycles. The lowest BCUT2D eigenvalue weighted by Crippen LogP contribution is -2.35. The molecule has 0 radical (unpaired) electrons. The van der Waals surface area contributed by atoms with E-state index in [1.807, 2.05) is 55.5 Å². The zero-order chi connectivity index (χ0) is 46.6. The van der Waals surface area contributed by atoms with Gasteiger partial charge in [0.25, 0.3) is 0 Å². The summed E-state index contributed by atoms with van der Waals surface area (Å²) in [4.78, 5) is 11.9. The number of ketones is 1. The predicted octanol–water partition coefficient (Wildman–Crippen LogP) is 17.6. The number of carbonyl (C=O) groups excluding carboxylic acids is 1. The van der Waals surface area contributed by atoms with E-state index in [-0.39, 0.29) is 17.6 Å². The molecule has 1 unspecified atom stereocenters. The van der Waals surface area contributed by atoms with Gasteiger partial charge in [-0.25, -0.2) is 0 Å². The van der Waals surface area contributed by atoms with E-state index in [0.29, 0.717) is 11.8 Å². The number of benzene rings is 6. The van der Waals surface area contributed by atoms with Crippen molar-refractivity contribution in [1.29, 1.82) is 0 Å². The summed E-state index contributed by atoms with van der Waals surface area (Å²) < 4.78 is 6.50. The molecule has 0 saturated carbocycles. The van der Waals surface area contributed by atoms with Crippen LogP contribution in [0.5, 0.6) is 0 Å². The molecule has 0 fully saturated rings. The second-order valence-corrected chi connectivity index (χ2v) is 22.0. The van der Waals surface area contributed by atoms with E-state index >= 15 is 0 Å². The number of halogens is 7. The van der Waals surface area contributed by atoms with Gasteiger partial charge in [-0.3, -0.25) is 4.79 Å². The van der Waals surface area contributed by atoms with Gasteiger partial charge in [0.1, 0.15) is 5.78 Å². The minimum atomic E-state index is -0.903. The molecule has 0 aliphatic carbocycles. The molecule has 64 heavy (non-hydrogen) atoms. The maximum atomic E-state index is 11.9. The van der Waals surface area contributed by atoms with Gasteiger partial charge in [-0.1, -0.05) is 186 Å². The van der Waals surface area contributed by atoms with Gasteiger partial charge in [0.05, 0.1) is 5.60 Å². The molecule has 0 aromatic heterocycles. The average molecular weight is 1260 g/mol. The predicted molar refractivity (Wildman–Crippen MR) is 294 cm³/mol. The lowest BCUT2D eigenvalue weighted by atomic mass is 9.80. The van der Waals surface area contributed by atoms with Crippen LogP contribution < -0.4 is 0 Å². The molecule has 336 valence electrons. The van der Waals surface area contributed by atoms with Crippen molar-refractivity contribution in [2.75, 3.05) is 5.88 Å². The summed E-state index contributed by atoms with van der Waals surface area (Å²) in [6.45, 7) is 9.50. The number of hydrogen-bond donors (Lipinski definition) is 1. The Kier molecular flexibility index (Phi) is 23.8. The Morgan fingerprint density at radius 1 is 0.500 bits per heavy atom. The number of Topliss-reactive ketones (excluding diaryl/α,β-unsaturated/α-hetero) is 1. The van der Waals surface area contributed by atoms with Crippen molar-refractivity contribution >= 4 is 113 Å². The number of alkyl halides is 1. The minimum Gasteiger partial charge on any atom is -0.386 e. The van der Waals surface area contributed by atoms with Gasteiger partial charge < -0.3 is 5.11 Å². The molecular formula is C55H55Br6ClO2. The van der Waals surface area contributed by atoms with Crippen LogP contribution in [0.25, 0.3) is 0 Å². The monoisotopic (exact) mass is 1260 g/mol. The van der Waals surface area contributed by atoms with Gasteiger partial charge in [0, 0.05) is 38.6 Å². The largest absolute Gasteiger partial charge is 0.386 e. The van der Waals surface area contributed by atoms with Gasteiger partial charge in [-0.05, 0) is 177 Å². The lowest BCUT2D eigenvalue weighted by molar-refractivity contribution is -0.120. The number of rotatable bonds is 17. The van der Waals surface area contributed by atoms with E-state index in [9.17, 15) is 9.90 Å². The molecule has 0 bridgehead atoms. The van der Waals surface area contributed by atoms with Crippen LogP contribution in [0.15, 0.2) is 197 Å². The van der Waals surface area contributed by atoms with Crippen LogP contribution in [0.1, 0.15) is 54.2 Å². The van der Waals surface area contributed by atoms with Crippen LogP contribution in [0.4, 0.5) is 0 Å². The molecule has 1 atom stereocenters. The highest BCUT2D eigenvalue weighted by Crippen LogP contribution is 2.29. The van der Waals surface area contributed by atoms with Crippen molar-refractivity contribution in [3.63, 3.8) is 0 Å². The van der Waals surface area contributed by atoms with Gasteiger partial charge in [0.2, 0.25) is 0 Å². The van der Waals surface area contributed by atoms with Crippen LogP contribution in [-0.2, 0) is 43.3 Å². The number of aliphatic hydroxyl groups is 1. The summed E-state index contributed by atoms with van der Waals surface area (Å²) in [5.41, 5.74) is 8.00. The molecule has 0 spiro atoms. The second kappa shape index (κ2) is 28.1. The fraction of sp³-hybridized carbons (Fsp3) is 0.255. The first kappa shape index (κ1) is 54.2. The van der Waals surface area contributed by atoms with E-state index in [2.05, 4.69) is 212 Å². The summed E-state index contributed by atoms with van der Waals surface area (Å²) >= 11 is 26.7. The van der Waals surface area contributed by atoms with Gasteiger partial charge in [-0.2, -0.15) is 0 Å². The first-order chi connectivity index (χ1) is 30.5. The summed E-state index contributed by atoms with van der Waals surface area (Å²) in [5.74, 6) is 1.41. The number of hydrogen-bond acceptors (Lipinski definition) is 2. The smallest absolute Gasteiger partial charge is 0.133 e. The fourth-order valence-electron chi connectivity index (χ4n) is 7.12. The van der Waals surface area contributed by atoms with E-state index in [0.717, 1.165) is 65.4 Å². The number of allylic oxidation sites excluding steroid dienone is 2. The van der Waals surface area contributed by atoms with Crippen molar-refractivity contribution < 1.29 is 9.90 Å². The average Bonchev–Trinajstić information content (AvgIpc) is 3.28. The maximum Gasteiger partial charge on any atom is 0.133 e. The molecule has 6 rings (SSSR count). The molecule has 6 aromatic rings. The van der Waals surface area contributed by atoms with Crippen molar-refractivity contribution in [2.45, 2.75) is 64.9 Å². The van der Waals surface area contributed by atoms with Crippen LogP contribution in [-0.4, -0.2) is 22.4 Å². The Morgan fingerprint density at radius 2 is 0.734 bits per heavy atom. The maximum absolute atomic E-state index is 11.9. The molecule has 0 saturated heterocycles. The molecule has 1 N–H and O–H groups in total. The first-order valence-corrected chi connectivity index (χ1v) is 26.4. The van der Waals surface area contributed by atoms with E-state index in [4.69, 9.17) is 11.6 Å². The summed E-state index contributed by atoms with van der Waals surface area (Å²) in [5, 5.41) is 10.7. The first-order valence-electron chi connectivity index (χ1n) is 21.1. The van der Waals surface area contributed by atoms with Crippen LogP contribution in [0, 0.1) is 17.8 Å². The zero-order valence-electron chi connectivity index (χ0n) is 36.4. The highest BCUT2D eigenvalue weighted by Gasteiger charge is 2.29. The standard InChI is InChI=1S/C19H19Br2Cl.C19H20Br2O.C17H16Br2O/c1-14(10-11-22)17(12-15-2-6-18(20)7-3-15)13-16-4-8-19(21)9-5-16;1-3-19(2,22)16(12-14-4-8-17(20)9-5-14)13-15-6-10-18(21)11-7-15;1-12(20)15(10-13-2-6-16(18)7-3-13)11-14-4-8-17(19)9-5-14/h2-10,17H,11-13H2,1H3;3-11,16,22H,1,12-13H2,2H3;2-9,15H,10-11H2,1H3. The third kappa shape index (κ3) is 19.8. The van der Waals surface area contributed by atoms with E-state index in [1.54, 1.807) is 13.0 Å². The minimum absolute atomic E-state index is 0.0392.